The number of aliphatic carboxylic acids is 1. The Bertz CT molecular complexity index is 490. The summed E-state index contributed by atoms with van der Waals surface area (Å²) in [5.74, 6) is -1.00. The monoisotopic (exact) mass is 290 g/mol. The number of nitrogens with zero attached hydrogens (tertiary/aromatic N) is 1. The van der Waals surface area contributed by atoms with Crippen molar-refractivity contribution in [2.45, 2.75) is 44.7 Å². The molecule has 0 aliphatic carbocycles. The first kappa shape index (κ1) is 15.4. The van der Waals surface area contributed by atoms with Gasteiger partial charge in [0.15, 0.2) is 0 Å². The molecular formula is C16H22N2O3. The number of rotatable bonds is 4. The Morgan fingerprint density at radius 1 is 1.33 bits per heavy atom. The van der Waals surface area contributed by atoms with E-state index in [1.54, 1.807) is 4.90 Å². The first-order valence-corrected chi connectivity index (χ1v) is 7.42. The van der Waals surface area contributed by atoms with E-state index in [1.165, 1.54) is 0 Å². The van der Waals surface area contributed by atoms with Gasteiger partial charge in [-0.3, -0.25) is 0 Å². The Morgan fingerprint density at radius 3 is 2.67 bits per heavy atom. The molecule has 1 aromatic rings. The largest absolute Gasteiger partial charge is 0.480 e. The third-order valence-corrected chi connectivity index (χ3v) is 3.94. The zero-order valence-electron chi connectivity index (χ0n) is 12.3. The van der Waals surface area contributed by atoms with Gasteiger partial charge in [0.05, 0.1) is 0 Å². The number of carbonyl (C=O) groups excluding carboxylic acids is 1. The van der Waals surface area contributed by atoms with Crippen molar-refractivity contribution < 1.29 is 14.7 Å². The minimum atomic E-state index is -1.00. The average Bonchev–Trinajstić information content (AvgIpc) is 2.48. The zero-order valence-corrected chi connectivity index (χ0v) is 12.3. The molecule has 1 saturated heterocycles. The van der Waals surface area contributed by atoms with E-state index in [2.05, 4.69) is 5.32 Å². The lowest BCUT2D eigenvalue weighted by Gasteiger charge is -2.34. The van der Waals surface area contributed by atoms with Crippen molar-refractivity contribution in [2.24, 2.45) is 0 Å². The number of nitrogens with one attached hydrogen (secondary N) is 1. The summed E-state index contributed by atoms with van der Waals surface area (Å²) >= 11 is 0. The van der Waals surface area contributed by atoms with Crippen molar-refractivity contribution in [1.82, 2.24) is 10.2 Å². The first-order valence-electron chi connectivity index (χ1n) is 7.42. The van der Waals surface area contributed by atoms with Crippen molar-refractivity contribution in [3.05, 3.63) is 35.9 Å². The predicted octanol–water partition coefficient (Wildman–Crippen LogP) is 2.27. The molecule has 2 atom stereocenters. The second-order valence-corrected chi connectivity index (χ2v) is 5.57. The molecule has 1 aliphatic rings. The maximum atomic E-state index is 12.3. The third-order valence-electron chi connectivity index (χ3n) is 3.94. The van der Waals surface area contributed by atoms with Crippen LogP contribution in [0.5, 0.6) is 0 Å². The molecule has 1 heterocycles. The van der Waals surface area contributed by atoms with E-state index in [0.717, 1.165) is 24.8 Å². The van der Waals surface area contributed by atoms with E-state index in [-0.39, 0.29) is 12.1 Å². The molecule has 0 saturated carbocycles. The molecule has 21 heavy (non-hydrogen) atoms. The highest BCUT2D eigenvalue weighted by atomic mass is 16.4. The number of hydrogen-bond donors (Lipinski definition) is 2. The van der Waals surface area contributed by atoms with Gasteiger partial charge in [0.25, 0.3) is 0 Å². The quantitative estimate of drug-likeness (QED) is 0.893. The Hall–Kier alpha value is -2.04. The molecule has 1 aliphatic heterocycles. The van der Waals surface area contributed by atoms with Crippen molar-refractivity contribution in [1.29, 1.82) is 0 Å². The highest BCUT2D eigenvalue weighted by Crippen LogP contribution is 2.16. The standard InChI is InChI=1S/C16H22N2O3/c1-12-7-5-6-10-18(12)16(21)17-14(15(19)20)11-13-8-3-2-4-9-13/h2-4,8-9,12,14H,5-7,10-11H2,1H3,(H,17,21)(H,19,20)/t12-,14+/m1/s1. The molecule has 5 heteroatoms. The number of urea groups is 1. The van der Waals surface area contributed by atoms with Crippen LogP contribution in [0, 0.1) is 0 Å². The molecule has 0 aromatic heterocycles. The van der Waals surface area contributed by atoms with Gasteiger partial charge in [0, 0.05) is 19.0 Å². The van der Waals surface area contributed by atoms with Gasteiger partial charge in [0.2, 0.25) is 0 Å². The van der Waals surface area contributed by atoms with Crippen LogP contribution in [0.15, 0.2) is 30.3 Å². The predicted molar refractivity (Wildman–Crippen MR) is 80.1 cm³/mol. The molecule has 0 radical (unpaired) electrons. The van der Waals surface area contributed by atoms with Crippen molar-refractivity contribution >= 4 is 12.0 Å². The van der Waals surface area contributed by atoms with Gasteiger partial charge < -0.3 is 15.3 Å². The molecule has 1 aromatic carbocycles. The van der Waals surface area contributed by atoms with Crippen molar-refractivity contribution in [3.8, 4) is 0 Å². The fraction of sp³-hybridized carbons (Fsp3) is 0.500. The lowest BCUT2D eigenvalue weighted by atomic mass is 10.0. The molecule has 2 rings (SSSR count). The lowest BCUT2D eigenvalue weighted by Crippen LogP contribution is -2.52. The summed E-state index contributed by atoms with van der Waals surface area (Å²) in [6, 6.07) is 8.35. The van der Waals surface area contributed by atoms with E-state index in [0.29, 0.717) is 13.0 Å². The molecular weight excluding hydrogens is 268 g/mol. The third kappa shape index (κ3) is 4.21. The topological polar surface area (TPSA) is 69.6 Å². The van der Waals surface area contributed by atoms with E-state index < -0.39 is 12.0 Å². The molecule has 1 fully saturated rings. The molecule has 2 amide bonds. The van der Waals surface area contributed by atoms with Crippen LogP contribution in [0.3, 0.4) is 0 Å². The number of piperidine rings is 1. The molecule has 0 unspecified atom stereocenters. The summed E-state index contributed by atoms with van der Waals surface area (Å²) < 4.78 is 0. The van der Waals surface area contributed by atoms with E-state index in [4.69, 9.17) is 0 Å². The first-order chi connectivity index (χ1) is 10.1. The maximum absolute atomic E-state index is 12.3. The number of carboxylic acids is 1. The minimum Gasteiger partial charge on any atom is -0.480 e. The van der Waals surface area contributed by atoms with Gasteiger partial charge >= 0.3 is 12.0 Å². The van der Waals surface area contributed by atoms with Crippen LogP contribution in [0.25, 0.3) is 0 Å². The van der Waals surface area contributed by atoms with Gasteiger partial charge in [-0.1, -0.05) is 30.3 Å². The Morgan fingerprint density at radius 2 is 2.05 bits per heavy atom. The number of carboxylic acid groups (broad SMARTS) is 1. The SMILES string of the molecule is C[C@@H]1CCCCN1C(=O)N[C@@H](Cc1ccccc1)C(=O)O. The zero-order chi connectivity index (χ0) is 15.2. The van der Waals surface area contributed by atoms with E-state index in [1.807, 2.05) is 37.3 Å². The summed E-state index contributed by atoms with van der Waals surface area (Å²) in [5, 5.41) is 12.0. The smallest absolute Gasteiger partial charge is 0.326 e. The van der Waals surface area contributed by atoms with Crippen molar-refractivity contribution in [3.63, 3.8) is 0 Å². The molecule has 2 N–H and O–H groups in total. The molecule has 0 bridgehead atoms. The van der Waals surface area contributed by atoms with Crippen molar-refractivity contribution in [2.75, 3.05) is 6.54 Å². The second-order valence-electron chi connectivity index (χ2n) is 5.57. The minimum absolute atomic E-state index is 0.171. The fourth-order valence-corrected chi connectivity index (χ4v) is 2.68. The van der Waals surface area contributed by atoms with Crippen LogP contribution < -0.4 is 5.32 Å². The normalized spacial score (nSPS) is 19.9. The summed E-state index contributed by atoms with van der Waals surface area (Å²) in [7, 11) is 0. The number of carbonyl (C=O) groups is 2. The number of amides is 2. The van der Waals surface area contributed by atoms with Gasteiger partial charge in [-0.05, 0) is 31.7 Å². The highest BCUT2D eigenvalue weighted by molar-refractivity contribution is 5.83. The van der Waals surface area contributed by atoms with Crippen LogP contribution in [0.4, 0.5) is 4.79 Å². The van der Waals surface area contributed by atoms with Crippen LogP contribution in [-0.2, 0) is 11.2 Å². The lowest BCUT2D eigenvalue weighted by molar-refractivity contribution is -0.139. The fourth-order valence-electron chi connectivity index (χ4n) is 2.68. The Kier molecular flexibility index (Phi) is 5.20. The maximum Gasteiger partial charge on any atom is 0.326 e. The van der Waals surface area contributed by atoms with Crippen LogP contribution in [0.1, 0.15) is 31.7 Å². The number of benzene rings is 1. The molecule has 5 nitrogen and oxygen atoms in total. The average molecular weight is 290 g/mol. The molecule has 0 spiro atoms. The Balaban J connectivity index is 1.99. The summed E-state index contributed by atoms with van der Waals surface area (Å²) in [5.41, 5.74) is 0.900. The van der Waals surface area contributed by atoms with E-state index in [9.17, 15) is 14.7 Å². The van der Waals surface area contributed by atoms with Crippen LogP contribution in [0.2, 0.25) is 0 Å². The van der Waals surface area contributed by atoms with Gasteiger partial charge in [-0.25, -0.2) is 9.59 Å². The Labute approximate surface area is 125 Å². The number of hydrogen-bond acceptors (Lipinski definition) is 2. The van der Waals surface area contributed by atoms with Crippen LogP contribution in [-0.4, -0.2) is 40.6 Å². The second kappa shape index (κ2) is 7.11. The van der Waals surface area contributed by atoms with Gasteiger partial charge in [0.1, 0.15) is 6.04 Å². The summed E-state index contributed by atoms with van der Waals surface area (Å²) in [6.45, 7) is 2.70. The van der Waals surface area contributed by atoms with Gasteiger partial charge in [-0.2, -0.15) is 0 Å². The van der Waals surface area contributed by atoms with Gasteiger partial charge in [-0.15, -0.1) is 0 Å². The van der Waals surface area contributed by atoms with E-state index >= 15 is 0 Å². The summed E-state index contributed by atoms with van der Waals surface area (Å²) in [4.78, 5) is 25.4. The van der Waals surface area contributed by atoms with Crippen LogP contribution >= 0.6 is 0 Å². The molecule has 114 valence electrons. The number of likely N-dealkylation sites (tertiary alicyclic amines) is 1. The summed E-state index contributed by atoms with van der Waals surface area (Å²) in [6.07, 6.45) is 3.37. The highest BCUT2D eigenvalue weighted by Gasteiger charge is 2.27.